The molecule has 8 heteroatoms. The number of H-pyrrole nitrogens is 1. The highest BCUT2D eigenvalue weighted by Gasteiger charge is 2.20. The van der Waals surface area contributed by atoms with Crippen LogP contribution in [0.1, 0.15) is 28.8 Å². The van der Waals surface area contributed by atoms with E-state index < -0.39 is 5.97 Å². The van der Waals surface area contributed by atoms with E-state index in [9.17, 15) is 9.59 Å². The molecule has 0 aliphatic rings. The monoisotopic (exact) mass is 462 g/mol. The number of thiophene rings is 1. The van der Waals surface area contributed by atoms with E-state index in [1.165, 1.54) is 11.3 Å². The molecule has 1 aromatic carbocycles. The van der Waals surface area contributed by atoms with Crippen molar-refractivity contribution in [3.8, 4) is 5.75 Å². The van der Waals surface area contributed by atoms with E-state index in [1.807, 2.05) is 26.0 Å². The Kier molecular flexibility index (Phi) is 6.00. The highest BCUT2D eigenvalue weighted by Crippen LogP contribution is 2.30. The number of carbonyl (C=O) groups is 1. The van der Waals surface area contributed by atoms with Crippen LogP contribution < -0.4 is 10.3 Å². The van der Waals surface area contributed by atoms with Gasteiger partial charge in [-0.1, -0.05) is 15.9 Å². The van der Waals surface area contributed by atoms with Gasteiger partial charge in [0.1, 0.15) is 22.0 Å². The first kappa shape index (κ1) is 20.3. The van der Waals surface area contributed by atoms with Crippen LogP contribution in [0.15, 0.2) is 27.5 Å². The van der Waals surface area contributed by atoms with E-state index in [2.05, 4.69) is 25.9 Å². The number of ether oxygens (including phenoxy) is 2. The zero-order chi connectivity index (χ0) is 20.4. The van der Waals surface area contributed by atoms with Gasteiger partial charge in [-0.05, 0) is 50.6 Å². The molecule has 0 spiro atoms. The Labute approximate surface area is 174 Å². The first-order chi connectivity index (χ1) is 13.3. The molecule has 2 aromatic heterocycles. The summed E-state index contributed by atoms with van der Waals surface area (Å²) in [6, 6.07) is 5.43. The number of aromatic amines is 1. The average molecular weight is 463 g/mol. The van der Waals surface area contributed by atoms with Crippen molar-refractivity contribution in [2.45, 2.75) is 20.8 Å². The zero-order valence-electron chi connectivity index (χ0n) is 15.9. The summed E-state index contributed by atoms with van der Waals surface area (Å²) in [5.74, 6) is 0.174. The number of halogens is 1. The fourth-order valence-electron chi connectivity index (χ4n) is 2.79. The smallest absolute Gasteiger partial charge is 0.341 e. The number of rotatable bonds is 5. The van der Waals surface area contributed by atoms with Gasteiger partial charge < -0.3 is 14.5 Å². The number of fused-ring (bicyclic) bond motifs is 1. The highest BCUT2D eigenvalue weighted by molar-refractivity contribution is 9.10. The summed E-state index contributed by atoms with van der Waals surface area (Å²) in [4.78, 5) is 34.2. The third-order valence-corrected chi connectivity index (χ3v) is 5.88. The van der Waals surface area contributed by atoms with Gasteiger partial charge >= 0.3 is 5.97 Å². The summed E-state index contributed by atoms with van der Waals surface area (Å²) in [5.41, 5.74) is 1.43. The van der Waals surface area contributed by atoms with Crippen molar-refractivity contribution in [2.75, 3.05) is 13.7 Å². The number of aryl methyl sites for hydroxylation is 2. The second-order valence-electron chi connectivity index (χ2n) is 6.04. The Bertz CT molecular complexity index is 1150. The molecular formula is C20H19BrN2O4S. The predicted octanol–water partition coefficient (Wildman–Crippen LogP) is 4.48. The summed E-state index contributed by atoms with van der Waals surface area (Å²) < 4.78 is 11.4. The minimum atomic E-state index is -0.572. The number of nitrogens with one attached hydrogen (secondary N) is 1. The average Bonchev–Trinajstić information content (AvgIpc) is 2.94. The van der Waals surface area contributed by atoms with Crippen molar-refractivity contribution >= 4 is 55.1 Å². The van der Waals surface area contributed by atoms with E-state index in [0.717, 1.165) is 14.9 Å². The van der Waals surface area contributed by atoms with E-state index in [-0.39, 0.29) is 23.6 Å². The van der Waals surface area contributed by atoms with Gasteiger partial charge in [0.05, 0.1) is 19.1 Å². The van der Waals surface area contributed by atoms with Crippen LogP contribution in [-0.2, 0) is 9.53 Å². The number of nitrogens with zero attached hydrogens (tertiary/aromatic N) is 1. The second kappa shape index (κ2) is 8.28. The number of hydrogen-bond acceptors (Lipinski definition) is 6. The SMILES string of the molecule is CCOC(=O)C(=Cc1cc(Br)ccc1OC)c1nc2sc(C)c(C)c2c(=O)[nH]1. The van der Waals surface area contributed by atoms with Crippen LogP contribution in [0, 0.1) is 13.8 Å². The summed E-state index contributed by atoms with van der Waals surface area (Å²) >= 11 is 4.84. The Morgan fingerprint density at radius 1 is 1.36 bits per heavy atom. The fourth-order valence-corrected chi connectivity index (χ4v) is 4.20. The minimum Gasteiger partial charge on any atom is -0.496 e. The molecule has 0 saturated carbocycles. The Balaban J connectivity index is 2.25. The van der Waals surface area contributed by atoms with Gasteiger partial charge in [-0.25, -0.2) is 9.78 Å². The van der Waals surface area contributed by atoms with Crippen molar-refractivity contribution < 1.29 is 14.3 Å². The maximum atomic E-state index is 12.7. The van der Waals surface area contributed by atoms with Crippen LogP contribution in [0.2, 0.25) is 0 Å². The number of aromatic nitrogens is 2. The van der Waals surface area contributed by atoms with Gasteiger partial charge in [0.25, 0.3) is 5.56 Å². The molecule has 3 aromatic rings. The molecule has 3 rings (SSSR count). The molecule has 0 aliphatic heterocycles. The predicted molar refractivity (Wildman–Crippen MR) is 115 cm³/mol. The quantitative estimate of drug-likeness (QED) is 0.446. The molecular weight excluding hydrogens is 444 g/mol. The standard InChI is InChI=1S/C20H19BrN2O4S/c1-5-27-20(25)14(9-12-8-13(21)6-7-15(12)26-4)17-22-18(24)16-10(2)11(3)28-19(16)23-17/h6-9H,5H2,1-4H3,(H,22,23,24). The highest BCUT2D eigenvalue weighted by atomic mass is 79.9. The van der Waals surface area contributed by atoms with Gasteiger partial charge in [0, 0.05) is 14.9 Å². The molecule has 0 aliphatic carbocycles. The maximum Gasteiger partial charge on any atom is 0.341 e. The molecule has 0 amide bonds. The second-order valence-corrected chi connectivity index (χ2v) is 8.16. The molecule has 0 saturated heterocycles. The van der Waals surface area contributed by atoms with Crippen LogP contribution in [0.5, 0.6) is 5.75 Å². The summed E-state index contributed by atoms with van der Waals surface area (Å²) in [6.07, 6.45) is 1.61. The van der Waals surface area contributed by atoms with Crippen molar-refractivity contribution in [2.24, 2.45) is 0 Å². The summed E-state index contributed by atoms with van der Waals surface area (Å²) in [5, 5.41) is 0.550. The van der Waals surface area contributed by atoms with E-state index >= 15 is 0 Å². The van der Waals surface area contributed by atoms with Gasteiger partial charge in [0.2, 0.25) is 0 Å². The maximum absolute atomic E-state index is 12.7. The van der Waals surface area contributed by atoms with Crippen molar-refractivity contribution in [1.82, 2.24) is 9.97 Å². The lowest BCUT2D eigenvalue weighted by atomic mass is 10.1. The molecule has 0 radical (unpaired) electrons. The normalized spacial score (nSPS) is 11.7. The molecule has 0 bridgehead atoms. The van der Waals surface area contributed by atoms with E-state index in [1.54, 1.807) is 26.2 Å². The Hall–Kier alpha value is -2.45. The first-order valence-corrected chi connectivity index (χ1v) is 10.2. The lowest BCUT2D eigenvalue weighted by molar-refractivity contribution is -0.136. The first-order valence-electron chi connectivity index (χ1n) is 8.58. The van der Waals surface area contributed by atoms with Gasteiger partial charge in [0.15, 0.2) is 0 Å². The molecule has 0 unspecified atom stereocenters. The van der Waals surface area contributed by atoms with Crippen LogP contribution in [-0.4, -0.2) is 29.7 Å². The lowest BCUT2D eigenvalue weighted by Crippen LogP contribution is -2.15. The number of hydrogen-bond donors (Lipinski definition) is 1. The molecule has 1 N–H and O–H groups in total. The van der Waals surface area contributed by atoms with Crippen molar-refractivity contribution in [3.05, 3.63) is 54.9 Å². The number of benzene rings is 1. The van der Waals surface area contributed by atoms with E-state index in [0.29, 0.717) is 21.5 Å². The number of carbonyl (C=O) groups excluding carboxylic acids is 1. The number of esters is 1. The van der Waals surface area contributed by atoms with Crippen molar-refractivity contribution in [3.63, 3.8) is 0 Å². The van der Waals surface area contributed by atoms with Crippen LogP contribution >= 0.6 is 27.3 Å². The largest absolute Gasteiger partial charge is 0.496 e. The molecule has 28 heavy (non-hydrogen) atoms. The topological polar surface area (TPSA) is 81.3 Å². The fraction of sp³-hybridized carbons (Fsp3) is 0.250. The Morgan fingerprint density at radius 2 is 2.11 bits per heavy atom. The zero-order valence-corrected chi connectivity index (χ0v) is 18.3. The van der Waals surface area contributed by atoms with Gasteiger partial charge in [-0.2, -0.15) is 0 Å². The summed E-state index contributed by atoms with van der Waals surface area (Å²) in [7, 11) is 1.55. The molecule has 0 atom stereocenters. The number of methoxy groups -OCH3 is 1. The molecule has 146 valence electrons. The van der Waals surface area contributed by atoms with Crippen molar-refractivity contribution in [1.29, 1.82) is 0 Å². The summed E-state index contributed by atoms with van der Waals surface area (Å²) in [6.45, 7) is 5.75. The molecule has 6 nitrogen and oxygen atoms in total. The third-order valence-electron chi connectivity index (χ3n) is 4.28. The van der Waals surface area contributed by atoms with Gasteiger partial charge in [-0.15, -0.1) is 11.3 Å². The van der Waals surface area contributed by atoms with Crippen LogP contribution in [0.3, 0.4) is 0 Å². The molecule has 0 fully saturated rings. The minimum absolute atomic E-state index is 0.154. The van der Waals surface area contributed by atoms with E-state index in [4.69, 9.17) is 9.47 Å². The van der Waals surface area contributed by atoms with Crippen LogP contribution in [0.4, 0.5) is 0 Å². The lowest BCUT2D eigenvalue weighted by Gasteiger charge is -2.09. The Morgan fingerprint density at radius 3 is 2.79 bits per heavy atom. The van der Waals surface area contributed by atoms with Crippen LogP contribution in [0.25, 0.3) is 21.9 Å². The van der Waals surface area contributed by atoms with Gasteiger partial charge in [-0.3, -0.25) is 4.79 Å². The molecule has 2 heterocycles. The third kappa shape index (κ3) is 3.88.